The van der Waals surface area contributed by atoms with E-state index in [0.29, 0.717) is 0 Å². The number of para-hydroxylation sites is 1. The van der Waals surface area contributed by atoms with Gasteiger partial charge in [0.15, 0.2) is 0 Å². The molecule has 0 fully saturated rings. The van der Waals surface area contributed by atoms with Crippen LogP contribution in [0.25, 0.3) is 0 Å². The van der Waals surface area contributed by atoms with Crippen molar-refractivity contribution in [1.29, 1.82) is 0 Å². The van der Waals surface area contributed by atoms with Crippen LogP contribution in [0, 0.1) is 0 Å². The third-order valence-electron chi connectivity index (χ3n) is 2.63. The molecular weight excluding hydrogens is 280 g/mol. The fourth-order valence-electron chi connectivity index (χ4n) is 1.55. The zero-order valence-electron chi connectivity index (χ0n) is 12.1. The Labute approximate surface area is 128 Å². The molecule has 22 heavy (non-hydrogen) atoms. The topological polar surface area (TPSA) is 75.1 Å². The summed E-state index contributed by atoms with van der Waals surface area (Å²) in [6.07, 6.45) is 1.58. The Balaban J connectivity index is 2.03. The lowest BCUT2D eigenvalue weighted by atomic mass is 10.2. The first kappa shape index (κ1) is 15.2. The summed E-state index contributed by atoms with van der Waals surface area (Å²) in [6, 6.07) is 18.7. The first-order valence-electron chi connectivity index (χ1n) is 6.61. The van der Waals surface area contributed by atoms with E-state index >= 15 is 0 Å². The number of carbonyl (C=O) groups is 1. The molecule has 2 rings (SSSR count). The van der Waals surface area contributed by atoms with Crippen LogP contribution in [0.15, 0.2) is 70.9 Å². The molecule has 0 bridgehead atoms. The minimum absolute atomic E-state index is 0.0430. The number of hydrogen-bond donors (Lipinski definition) is 2. The van der Waals surface area contributed by atoms with Gasteiger partial charge in [-0.25, -0.2) is 4.79 Å². The molecule has 0 saturated heterocycles. The van der Waals surface area contributed by atoms with Crippen LogP contribution in [0.4, 0.5) is 5.69 Å². The van der Waals surface area contributed by atoms with Gasteiger partial charge in [0.25, 0.3) is 5.84 Å². The largest absolute Gasteiger partial charge is 0.463 e. The normalized spacial score (nSPS) is 11.2. The Morgan fingerprint density at radius 1 is 1.05 bits per heavy atom. The third-order valence-corrected chi connectivity index (χ3v) is 2.63. The molecule has 6 nitrogen and oxygen atoms in total. The SMILES string of the molecule is COC(=O)/C(=N/Nc1ccccc1)N/N=C/c1ccccc1. The molecule has 0 aliphatic carbocycles. The summed E-state index contributed by atoms with van der Waals surface area (Å²) in [4.78, 5) is 11.6. The molecule has 0 unspecified atom stereocenters. The van der Waals surface area contributed by atoms with E-state index in [1.807, 2.05) is 60.7 Å². The van der Waals surface area contributed by atoms with Gasteiger partial charge in [0, 0.05) is 0 Å². The fourth-order valence-corrected chi connectivity index (χ4v) is 1.55. The van der Waals surface area contributed by atoms with Crippen molar-refractivity contribution in [2.45, 2.75) is 0 Å². The number of esters is 1. The van der Waals surface area contributed by atoms with Crippen molar-refractivity contribution in [3.05, 3.63) is 66.2 Å². The number of rotatable bonds is 4. The van der Waals surface area contributed by atoms with E-state index in [1.165, 1.54) is 7.11 Å². The van der Waals surface area contributed by atoms with Crippen LogP contribution >= 0.6 is 0 Å². The second-order valence-electron chi connectivity index (χ2n) is 4.21. The van der Waals surface area contributed by atoms with Gasteiger partial charge in [0.1, 0.15) is 0 Å². The van der Waals surface area contributed by atoms with E-state index in [0.717, 1.165) is 11.3 Å². The summed E-state index contributed by atoms with van der Waals surface area (Å²) in [5.41, 5.74) is 6.98. The molecule has 0 aliphatic heterocycles. The van der Waals surface area contributed by atoms with Crippen molar-refractivity contribution in [1.82, 2.24) is 5.43 Å². The molecule has 0 radical (unpaired) electrons. The highest BCUT2D eigenvalue weighted by molar-refractivity contribution is 6.35. The van der Waals surface area contributed by atoms with Gasteiger partial charge in [-0.3, -0.25) is 10.9 Å². The predicted octanol–water partition coefficient (Wildman–Crippen LogP) is 2.21. The summed E-state index contributed by atoms with van der Waals surface area (Å²) < 4.78 is 4.66. The summed E-state index contributed by atoms with van der Waals surface area (Å²) in [7, 11) is 1.28. The summed E-state index contributed by atoms with van der Waals surface area (Å²) in [5, 5.41) is 7.94. The zero-order valence-corrected chi connectivity index (χ0v) is 12.1. The smallest absolute Gasteiger partial charge is 0.377 e. The molecule has 0 heterocycles. The highest BCUT2D eigenvalue weighted by Crippen LogP contribution is 2.04. The minimum atomic E-state index is -0.617. The maximum atomic E-state index is 11.6. The summed E-state index contributed by atoms with van der Waals surface area (Å²) >= 11 is 0. The Bertz CT molecular complexity index is 654. The Kier molecular flexibility index (Phi) is 5.69. The standard InChI is InChI=1S/C16H16N4O2/c1-22-16(21)15(20-18-14-10-6-3-7-11-14)19-17-12-13-8-4-2-5-9-13/h2-12,18H,1H3,(H,19,20)/b17-12+. The monoisotopic (exact) mass is 296 g/mol. The number of anilines is 1. The quantitative estimate of drug-likeness (QED) is 0.392. The maximum absolute atomic E-state index is 11.6. The highest BCUT2D eigenvalue weighted by Gasteiger charge is 2.10. The van der Waals surface area contributed by atoms with E-state index in [9.17, 15) is 4.79 Å². The molecule has 2 N–H and O–H groups in total. The summed E-state index contributed by atoms with van der Waals surface area (Å²) in [5.74, 6) is -0.660. The predicted molar refractivity (Wildman–Crippen MR) is 86.7 cm³/mol. The lowest BCUT2D eigenvalue weighted by Crippen LogP contribution is -2.29. The molecule has 2 aromatic carbocycles. The van der Waals surface area contributed by atoms with Crippen molar-refractivity contribution in [2.75, 3.05) is 12.5 Å². The van der Waals surface area contributed by atoms with E-state index in [-0.39, 0.29) is 5.84 Å². The van der Waals surface area contributed by atoms with Crippen LogP contribution in [-0.4, -0.2) is 25.1 Å². The van der Waals surface area contributed by atoms with E-state index < -0.39 is 5.97 Å². The first-order valence-corrected chi connectivity index (χ1v) is 6.61. The van der Waals surface area contributed by atoms with E-state index in [2.05, 4.69) is 25.8 Å². The molecule has 2 aromatic rings. The van der Waals surface area contributed by atoms with Crippen LogP contribution in [-0.2, 0) is 9.53 Å². The van der Waals surface area contributed by atoms with Crippen molar-refractivity contribution in [3.8, 4) is 0 Å². The number of hydrazone groups is 2. The first-order chi connectivity index (χ1) is 10.8. The van der Waals surface area contributed by atoms with Crippen molar-refractivity contribution in [2.24, 2.45) is 10.2 Å². The number of benzene rings is 2. The van der Waals surface area contributed by atoms with Gasteiger partial charge in [0.05, 0.1) is 19.0 Å². The van der Waals surface area contributed by atoms with Gasteiger partial charge >= 0.3 is 5.97 Å². The third kappa shape index (κ3) is 4.75. The Hall–Kier alpha value is -3.15. The van der Waals surface area contributed by atoms with Gasteiger partial charge in [-0.15, -0.1) is 5.10 Å². The molecule has 0 aliphatic rings. The second-order valence-corrected chi connectivity index (χ2v) is 4.21. The number of carbonyl (C=O) groups excluding carboxylic acids is 1. The summed E-state index contributed by atoms with van der Waals surface area (Å²) in [6.45, 7) is 0. The van der Waals surface area contributed by atoms with Gasteiger partial charge in [-0.1, -0.05) is 48.5 Å². The second kappa shape index (κ2) is 8.21. The van der Waals surface area contributed by atoms with Crippen LogP contribution in [0.2, 0.25) is 0 Å². The number of hydrogen-bond acceptors (Lipinski definition) is 5. The number of nitrogens with one attached hydrogen (secondary N) is 2. The molecule has 0 amide bonds. The molecular formula is C16H16N4O2. The Morgan fingerprint density at radius 3 is 2.32 bits per heavy atom. The van der Waals surface area contributed by atoms with Crippen LogP contribution in [0.5, 0.6) is 0 Å². The van der Waals surface area contributed by atoms with Crippen LogP contribution in [0.1, 0.15) is 5.56 Å². The van der Waals surface area contributed by atoms with Crippen LogP contribution in [0.3, 0.4) is 0 Å². The molecule has 6 heteroatoms. The zero-order chi connectivity index (χ0) is 15.6. The number of nitrogens with zero attached hydrogens (tertiary/aromatic N) is 2. The number of ether oxygens (including phenoxy) is 1. The molecule has 0 atom stereocenters. The molecule has 112 valence electrons. The van der Waals surface area contributed by atoms with Gasteiger partial charge in [0.2, 0.25) is 0 Å². The molecule has 0 saturated carbocycles. The van der Waals surface area contributed by atoms with Gasteiger partial charge in [-0.05, 0) is 17.7 Å². The number of amidine groups is 1. The van der Waals surface area contributed by atoms with Crippen LogP contribution < -0.4 is 10.9 Å². The average Bonchev–Trinajstić information content (AvgIpc) is 2.59. The van der Waals surface area contributed by atoms with Gasteiger partial charge in [-0.2, -0.15) is 5.10 Å². The average molecular weight is 296 g/mol. The lowest BCUT2D eigenvalue weighted by Gasteiger charge is -2.05. The van der Waals surface area contributed by atoms with Gasteiger partial charge < -0.3 is 4.74 Å². The van der Waals surface area contributed by atoms with Crippen molar-refractivity contribution >= 4 is 23.7 Å². The van der Waals surface area contributed by atoms with E-state index in [4.69, 9.17) is 0 Å². The Morgan fingerprint density at radius 2 is 1.68 bits per heavy atom. The maximum Gasteiger partial charge on any atom is 0.377 e. The fraction of sp³-hybridized carbons (Fsp3) is 0.0625. The molecule has 0 aromatic heterocycles. The number of methoxy groups -OCH3 is 1. The minimum Gasteiger partial charge on any atom is -0.463 e. The molecule has 0 spiro atoms. The van der Waals surface area contributed by atoms with E-state index in [1.54, 1.807) is 6.21 Å². The van der Waals surface area contributed by atoms with Crippen molar-refractivity contribution < 1.29 is 9.53 Å². The lowest BCUT2D eigenvalue weighted by molar-refractivity contribution is -0.133. The van der Waals surface area contributed by atoms with Crippen molar-refractivity contribution in [3.63, 3.8) is 0 Å². The highest BCUT2D eigenvalue weighted by atomic mass is 16.5.